The number of hydrogen-bond acceptors (Lipinski definition) is 3. The summed E-state index contributed by atoms with van der Waals surface area (Å²) in [4.78, 5) is 13.9. The van der Waals surface area contributed by atoms with E-state index in [0.717, 1.165) is 6.54 Å². The SMILES string of the molecule is COCCN(CC(C)C)C(=O)[C@H](N)C(C)C. The van der Waals surface area contributed by atoms with Crippen molar-refractivity contribution in [2.45, 2.75) is 33.7 Å². The van der Waals surface area contributed by atoms with Crippen molar-refractivity contribution < 1.29 is 9.53 Å². The molecule has 0 unspecified atom stereocenters. The first-order valence-corrected chi connectivity index (χ1v) is 5.93. The average Bonchev–Trinajstić information content (AvgIpc) is 2.21. The van der Waals surface area contributed by atoms with Gasteiger partial charge in [0.15, 0.2) is 0 Å². The van der Waals surface area contributed by atoms with Gasteiger partial charge in [-0.05, 0) is 11.8 Å². The van der Waals surface area contributed by atoms with Gasteiger partial charge in [-0.3, -0.25) is 4.79 Å². The number of ether oxygens (including phenoxy) is 1. The quantitative estimate of drug-likeness (QED) is 0.712. The summed E-state index contributed by atoms with van der Waals surface area (Å²) in [5.74, 6) is 0.644. The lowest BCUT2D eigenvalue weighted by Gasteiger charge is -2.28. The molecule has 0 fully saturated rings. The molecule has 1 amide bonds. The van der Waals surface area contributed by atoms with E-state index in [4.69, 9.17) is 10.5 Å². The van der Waals surface area contributed by atoms with Crippen LogP contribution >= 0.6 is 0 Å². The summed E-state index contributed by atoms with van der Waals surface area (Å²) in [6.07, 6.45) is 0. The molecule has 96 valence electrons. The number of hydrogen-bond donors (Lipinski definition) is 1. The summed E-state index contributed by atoms with van der Waals surface area (Å²) in [6.45, 7) is 10.0. The summed E-state index contributed by atoms with van der Waals surface area (Å²) in [6, 6.07) is -0.407. The van der Waals surface area contributed by atoms with E-state index in [2.05, 4.69) is 13.8 Å². The van der Waals surface area contributed by atoms with Crippen molar-refractivity contribution in [3.05, 3.63) is 0 Å². The largest absolute Gasteiger partial charge is 0.383 e. The Bertz CT molecular complexity index is 205. The van der Waals surface area contributed by atoms with Gasteiger partial charge in [-0.1, -0.05) is 27.7 Å². The number of nitrogens with zero attached hydrogens (tertiary/aromatic N) is 1. The second-order valence-electron chi connectivity index (χ2n) is 4.94. The summed E-state index contributed by atoms with van der Waals surface area (Å²) in [5.41, 5.74) is 5.88. The lowest BCUT2D eigenvalue weighted by atomic mass is 10.0. The summed E-state index contributed by atoms with van der Waals surface area (Å²) < 4.78 is 5.01. The van der Waals surface area contributed by atoms with Crippen molar-refractivity contribution in [2.24, 2.45) is 17.6 Å². The highest BCUT2D eigenvalue weighted by atomic mass is 16.5. The normalized spacial score (nSPS) is 13.2. The summed E-state index contributed by atoms with van der Waals surface area (Å²) in [7, 11) is 1.64. The van der Waals surface area contributed by atoms with Gasteiger partial charge in [-0.2, -0.15) is 0 Å². The minimum atomic E-state index is -0.407. The minimum Gasteiger partial charge on any atom is -0.383 e. The molecule has 0 aromatic carbocycles. The van der Waals surface area contributed by atoms with Crippen LogP contribution in [-0.4, -0.2) is 43.7 Å². The van der Waals surface area contributed by atoms with E-state index < -0.39 is 6.04 Å². The fraction of sp³-hybridized carbons (Fsp3) is 0.917. The molecular weight excluding hydrogens is 204 g/mol. The molecule has 0 aliphatic rings. The van der Waals surface area contributed by atoms with E-state index >= 15 is 0 Å². The molecule has 0 heterocycles. The molecule has 0 aromatic heterocycles. The van der Waals surface area contributed by atoms with Crippen LogP contribution in [0.2, 0.25) is 0 Å². The van der Waals surface area contributed by atoms with Crippen molar-refractivity contribution in [3.63, 3.8) is 0 Å². The third-order valence-corrected chi connectivity index (χ3v) is 2.47. The van der Waals surface area contributed by atoms with Gasteiger partial charge in [0.1, 0.15) is 0 Å². The first-order valence-electron chi connectivity index (χ1n) is 5.93. The maximum absolute atomic E-state index is 12.1. The molecule has 0 radical (unpaired) electrons. The zero-order chi connectivity index (χ0) is 12.7. The molecule has 0 aliphatic carbocycles. The number of carbonyl (C=O) groups excluding carboxylic acids is 1. The molecule has 0 bridgehead atoms. The van der Waals surface area contributed by atoms with Crippen LogP contribution in [0.25, 0.3) is 0 Å². The molecule has 0 spiro atoms. The first kappa shape index (κ1) is 15.4. The van der Waals surface area contributed by atoms with Crippen molar-refractivity contribution in [1.82, 2.24) is 4.90 Å². The zero-order valence-corrected chi connectivity index (χ0v) is 11.2. The second kappa shape index (κ2) is 7.63. The lowest BCUT2D eigenvalue weighted by molar-refractivity contribution is -0.134. The van der Waals surface area contributed by atoms with Gasteiger partial charge in [0.05, 0.1) is 12.6 Å². The standard InChI is InChI=1S/C12H26N2O2/c1-9(2)8-14(6-7-16-5)12(15)11(13)10(3)4/h9-11H,6-8,13H2,1-5H3/t11-/m1/s1. The Kier molecular flexibility index (Phi) is 7.34. The zero-order valence-electron chi connectivity index (χ0n) is 11.2. The highest BCUT2D eigenvalue weighted by molar-refractivity contribution is 5.81. The van der Waals surface area contributed by atoms with Crippen molar-refractivity contribution >= 4 is 5.91 Å². The molecule has 2 N–H and O–H groups in total. The Balaban J connectivity index is 4.42. The van der Waals surface area contributed by atoms with Gasteiger partial charge in [0.2, 0.25) is 5.91 Å². The van der Waals surface area contributed by atoms with Gasteiger partial charge >= 0.3 is 0 Å². The number of methoxy groups -OCH3 is 1. The van der Waals surface area contributed by atoms with E-state index in [0.29, 0.717) is 19.1 Å². The van der Waals surface area contributed by atoms with Gasteiger partial charge in [0, 0.05) is 20.2 Å². The van der Waals surface area contributed by atoms with Crippen LogP contribution in [0.15, 0.2) is 0 Å². The van der Waals surface area contributed by atoms with Crippen molar-refractivity contribution in [2.75, 3.05) is 26.8 Å². The fourth-order valence-electron chi connectivity index (χ4n) is 1.43. The molecule has 0 aliphatic heterocycles. The molecule has 0 rings (SSSR count). The van der Waals surface area contributed by atoms with Crippen LogP contribution in [0.4, 0.5) is 0 Å². The Morgan fingerprint density at radius 2 is 1.88 bits per heavy atom. The minimum absolute atomic E-state index is 0.0285. The van der Waals surface area contributed by atoms with Gasteiger partial charge in [-0.15, -0.1) is 0 Å². The van der Waals surface area contributed by atoms with Crippen molar-refractivity contribution in [3.8, 4) is 0 Å². The second-order valence-corrected chi connectivity index (χ2v) is 4.94. The maximum atomic E-state index is 12.1. The Labute approximate surface area is 99.1 Å². The van der Waals surface area contributed by atoms with Gasteiger partial charge < -0.3 is 15.4 Å². The molecule has 4 nitrogen and oxygen atoms in total. The van der Waals surface area contributed by atoms with Gasteiger partial charge in [-0.25, -0.2) is 0 Å². The Morgan fingerprint density at radius 1 is 1.31 bits per heavy atom. The molecule has 1 atom stereocenters. The Morgan fingerprint density at radius 3 is 2.25 bits per heavy atom. The topological polar surface area (TPSA) is 55.6 Å². The van der Waals surface area contributed by atoms with Crippen LogP contribution in [-0.2, 0) is 9.53 Å². The van der Waals surface area contributed by atoms with E-state index in [9.17, 15) is 4.79 Å². The average molecular weight is 230 g/mol. The molecule has 0 aromatic rings. The van der Waals surface area contributed by atoms with Crippen LogP contribution in [0.1, 0.15) is 27.7 Å². The van der Waals surface area contributed by atoms with Crippen LogP contribution in [0.3, 0.4) is 0 Å². The van der Waals surface area contributed by atoms with Crippen LogP contribution in [0.5, 0.6) is 0 Å². The molecule has 4 heteroatoms. The number of rotatable bonds is 7. The highest BCUT2D eigenvalue weighted by Crippen LogP contribution is 2.06. The smallest absolute Gasteiger partial charge is 0.239 e. The third-order valence-electron chi connectivity index (χ3n) is 2.47. The molecule has 16 heavy (non-hydrogen) atoms. The van der Waals surface area contributed by atoms with Crippen LogP contribution in [0, 0.1) is 11.8 Å². The van der Waals surface area contributed by atoms with Gasteiger partial charge in [0.25, 0.3) is 0 Å². The Hall–Kier alpha value is -0.610. The molecule has 0 saturated heterocycles. The lowest BCUT2D eigenvalue weighted by Crippen LogP contribution is -2.48. The number of carbonyl (C=O) groups is 1. The highest BCUT2D eigenvalue weighted by Gasteiger charge is 2.23. The molecule has 0 saturated carbocycles. The van der Waals surface area contributed by atoms with E-state index in [-0.39, 0.29) is 11.8 Å². The monoisotopic (exact) mass is 230 g/mol. The predicted octanol–water partition coefficient (Wildman–Crippen LogP) is 1.10. The number of nitrogens with two attached hydrogens (primary N) is 1. The first-order chi connectivity index (χ1) is 7.40. The maximum Gasteiger partial charge on any atom is 0.239 e. The molecular formula is C12H26N2O2. The van der Waals surface area contributed by atoms with Crippen LogP contribution < -0.4 is 5.73 Å². The fourth-order valence-corrected chi connectivity index (χ4v) is 1.43. The van der Waals surface area contributed by atoms with E-state index in [1.807, 2.05) is 13.8 Å². The number of amides is 1. The van der Waals surface area contributed by atoms with E-state index in [1.165, 1.54) is 0 Å². The third kappa shape index (κ3) is 5.47. The van der Waals surface area contributed by atoms with Crippen molar-refractivity contribution in [1.29, 1.82) is 0 Å². The predicted molar refractivity (Wildman–Crippen MR) is 66.1 cm³/mol. The summed E-state index contributed by atoms with van der Waals surface area (Å²) in [5, 5.41) is 0. The van der Waals surface area contributed by atoms with E-state index in [1.54, 1.807) is 12.0 Å². The summed E-state index contributed by atoms with van der Waals surface area (Å²) >= 11 is 0.